The van der Waals surface area contributed by atoms with E-state index >= 15 is 0 Å². The van der Waals surface area contributed by atoms with Crippen molar-refractivity contribution in [3.63, 3.8) is 0 Å². The zero-order valence-electron chi connectivity index (χ0n) is 9.43. The van der Waals surface area contributed by atoms with Gasteiger partial charge in [-0.1, -0.05) is 12.1 Å². The zero-order valence-corrected chi connectivity index (χ0v) is 9.43. The maximum atomic E-state index is 13.1. The minimum absolute atomic E-state index is 0.0407. The lowest BCUT2D eigenvalue weighted by atomic mass is 9.94. The van der Waals surface area contributed by atoms with Crippen LogP contribution in [0.4, 0.5) is 4.39 Å². The first-order valence-electron chi connectivity index (χ1n) is 5.34. The average molecular weight is 222 g/mol. The van der Waals surface area contributed by atoms with Crippen molar-refractivity contribution in [2.24, 2.45) is 0 Å². The molecule has 1 aliphatic rings. The molecule has 2 N–H and O–H groups in total. The molecule has 1 aromatic rings. The number of carbonyl (C=O) groups excluding carboxylic acids is 1. The third kappa shape index (κ3) is 1.69. The molecule has 2 rings (SSSR count). The standard InChI is InChI=1S/C12H15FN2O/c1-8-7-9(3-4-10(8)13)12(5-6-12)11(16)15-14-2/h3-4,7,14H,5-6H2,1-2H3,(H,15,16). The van der Waals surface area contributed by atoms with E-state index in [2.05, 4.69) is 10.9 Å². The Labute approximate surface area is 94.0 Å². The fourth-order valence-corrected chi connectivity index (χ4v) is 1.95. The van der Waals surface area contributed by atoms with E-state index in [9.17, 15) is 9.18 Å². The van der Waals surface area contributed by atoms with Crippen LogP contribution in [0.25, 0.3) is 0 Å². The normalized spacial score (nSPS) is 16.9. The Bertz CT molecular complexity index is 427. The molecule has 3 nitrogen and oxygen atoms in total. The van der Waals surface area contributed by atoms with E-state index in [1.54, 1.807) is 26.1 Å². The third-order valence-electron chi connectivity index (χ3n) is 3.13. The van der Waals surface area contributed by atoms with Gasteiger partial charge < -0.3 is 0 Å². The summed E-state index contributed by atoms with van der Waals surface area (Å²) in [4.78, 5) is 11.9. The first-order valence-corrected chi connectivity index (χ1v) is 5.34. The van der Waals surface area contributed by atoms with Crippen LogP contribution >= 0.6 is 0 Å². The molecule has 0 saturated heterocycles. The quantitative estimate of drug-likeness (QED) is 0.759. The number of amides is 1. The number of nitrogens with one attached hydrogen (secondary N) is 2. The Balaban J connectivity index is 2.30. The molecule has 1 fully saturated rings. The summed E-state index contributed by atoms with van der Waals surface area (Å²) in [6.07, 6.45) is 1.65. The zero-order chi connectivity index (χ0) is 11.8. The molecule has 16 heavy (non-hydrogen) atoms. The van der Waals surface area contributed by atoms with Gasteiger partial charge in [-0.25, -0.2) is 9.82 Å². The van der Waals surface area contributed by atoms with Crippen molar-refractivity contribution in [2.45, 2.75) is 25.2 Å². The Morgan fingerprint density at radius 1 is 1.44 bits per heavy atom. The lowest BCUT2D eigenvalue weighted by molar-refractivity contribution is -0.124. The minimum Gasteiger partial charge on any atom is -0.291 e. The number of aryl methyl sites for hydroxylation is 1. The van der Waals surface area contributed by atoms with Gasteiger partial charge in [0.25, 0.3) is 0 Å². The van der Waals surface area contributed by atoms with Gasteiger partial charge in [0.15, 0.2) is 0 Å². The second kappa shape index (κ2) is 3.87. The summed E-state index contributed by atoms with van der Waals surface area (Å²) in [5.74, 6) is -0.269. The number of carbonyl (C=O) groups is 1. The average Bonchev–Trinajstić information content (AvgIpc) is 3.03. The maximum Gasteiger partial charge on any atom is 0.244 e. The molecule has 0 heterocycles. The maximum absolute atomic E-state index is 13.1. The summed E-state index contributed by atoms with van der Waals surface area (Å²) < 4.78 is 13.1. The molecule has 0 aromatic heterocycles. The molecule has 86 valence electrons. The molecule has 1 aromatic carbocycles. The van der Waals surface area contributed by atoms with Gasteiger partial charge in [-0.3, -0.25) is 10.2 Å². The summed E-state index contributed by atoms with van der Waals surface area (Å²) >= 11 is 0. The second-order valence-corrected chi connectivity index (χ2v) is 4.25. The molecule has 1 amide bonds. The van der Waals surface area contributed by atoms with Crippen molar-refractivity contribution in [2.75, 3.05) is 7.05 Å². The van der Waals surface area contributed by atoms with Crippen molar-refractivity contribution in [3.05, 3.63) is 35.1 Å². The van der Waals surface area contributed by atoms with E-state index in [0.717, 1.165) is 18.4 Å². The van der Waals surface area contributed by atoms with Gasteiger partial charge in [0.2, 0.25) is 5.91 Å². The highest BCUT2D eigenvalue weighted by molar-refractivity contribution is 5.90. The van der Waals surface area contributed by atoms with Crippen molar-refractivity contribution in [1.29, 1.82) is 0 Å². The summed E-state index contributed by atoms with van der Waals surface area (Å²) in [5, 5.41) is 0. The second-order valence-electron chi connectivity index (χ2n) is 4.25. The van der Waals surface area contributed by atoms with Crippen LogP contribution in [0, 0.1) is 12.7 Å². The molecule has 0 spiro atoms. The van der Waals surface area contributed by atoms with E-state index in [1.165, 1.54) is 6.07 Å². The Kier molecular flexibility index (Phi) is 2.68. The molecular weight excluding hydrogens is 207 g/mol. The van der Waals surface area contributed by atoms with E-state index in [-0.39, 0.29) is 11.7 Å². The monoisotopic (exact) mass is 222 g/mol. The highest BCUT2D eigenvalue weighted by atomic mass is 19.1. The van der Waals surface area contributed by atoms with E-state index in [1.807, 2.05) is 0 Å². The van der Waals surface area contributed by atoms with Gasteiger partial charge in [-0.05, 0) is 37.0 Å². The molecule has 0 bridgehead atoms. The van der Waals surface area contributed by atoms with Crippen LogP contribution in [0.3, 0.4) is 0 Å². The van der Waals surface area contributed by atoms with Crippen LogP contribution in [0.15, 0.2) is 18.2 Å². The first-order chi connectivity index (χ1) is 7.60. The molecule has 1 aliphatic carbocycles. The van der Waals surface area contributed by atoms with E-state index in [4.69, 9.17) is 0 Å². The number of rotatable bonds is 3. The number of benzene rings is 1. The van der Waals surface area contributed by atoms with Gasteiger partial charge >= 0.3 is 0 Å². The molecule has 0 aliphatic heterocycles. The van der Waals surface area contributed by atoms with Crippen LogP contribution in [-0.2, 0) is 10.2 Å². The Morgan fingerprint density at radius 3 is 2.62 bits per heavy atom. The van der Waals surface area contributed by atoms with Crippen LogP contribution in [0.1, 0.15) is 24.0 Å². The lowest BCUT2D eigenvalue weighted by Gasteiger charge is -2.15. The van der Waals surface area contributed by atoms with Crippen LogP contribution in [0.5, 0.6) is 0 Å². The summed E-state index contributed by atoms with van der Waals surface area (Å²) in [6, 6.07) is 4.89. The molecule has 0 atom stereocenters. The van der Waals surface area contributed by atoms with Crippen molar-refractivity contribution in [1.82, 2.24) is 10.9 Å². The largest absolute Gasteiger partial charge is 0.291 e. The highest BCUT2D eigenvalue weighted by Gasteiger charge is 2.51. The van der Waals surface area contributed by atoms with Crippen LogP contribution in [0.2, 0.25) is 0 Å². The van der Waals surface area contributed by atoms with Crippen LogP contribution < -0.4 is 10.9 Å². The molecule has 0 unspecified atom stereocenters. The molecule has 1 saturated carbocycles. The van der Waals surface area contributed by atoms with Crippen LogP contribution in [-0.4, -0.2) is 13.0 Å². The van der Waals surface area contributed by atoms with E-state index < -0.39 is 5.41 Å². The van der Waals surface area contributed by atoms with Gasteiger partial charge in [-0.2, -0.15) is 0 Å². The highest BCUT2D eigenvalue weighted by Crippen LogP contribution is 2.48. The predicted molar refractivity (Wildman–Crippen MR) is 59.3 cm³/mol. The number of hydrogen-bond acceptors (Lipinski definition) is 2. The van der Waals surface area contributed by atoms with Gasteiger partial charge in [-0.15, -0.1) is 0 Å². The number of halogens is 1. The third-order valence-corrected chi connectivity index (χ3v) is 3.13. The van der Waals surface area contributed by atoms with Gasteiger partial charge in [0.05, 0.1) is 5.41 Å². The van der Waals surface area contributed by atoms with Crippen molar-refractivity contribution in [3.8, 4) is 0 Å². The van der Waals surface area contributed by atoms with Gasteiger partial charge in [0.1, 0.15) is 5.82 Å². The Hall–Kier alpha value is -1.42. The van der Waals surface area contributed by atoms with Crippen molar-refractivity contribution < 1.29 is 9.18 Å². The summed E-state index contributed by atoms with van der Waals surface area (Å²) in [6.45, 7) is 1.71. The fourth-order valence-electron chi connectivity index (χ4n) is 1.95. The smallest absolute Gasteiger partial charge is 0.244 e. The fraction of sp³-hybridized carbons (Fsp3) is 0.417. The molecule has 0 radical (unpaired) electrons. The minimum atomic E-state index is -0.443. The first kappa shape index (κ1) is 11.1. The summed E-state index contributed by atoms with van der Waals surface area (Å²) in [5.41, 5.74) is 6.28. The van der Waals surface area contributed by atoms with Gasteiger partial charge in [0, 0.05) is 7.05 Å². The SMILES string of the molecule is CNNC(=O)C1(c2ccc(F)c(C)c2)CC1. The summed E-state index contributed by atoms with van der Waals surface area (Å²) in [7, 11) is 1.66. The number of hydrazine groups is 1. The molecule has 4 heteroatoms. The topological polar surface area (TPSA) is 41.1 Å². The Morgan fingerprint density at radius 2 is 2.12 bits per heavy atom. The lowest BCUT2D eigenvalue weighted by Crippen LogP contribution is -2.41. The predicted octanol–water partition coefficient (Wildman–Crippen LogP) is 1.42. The van der Waals surface area contributed by atoms with Crippen molar-refractivity contribution >= 4 is 5.91 Å². The van der Waals surface area contributed by atoms with E-state index in [0.29, 0.717) is 5.56 Å². The number of hydrogen-bond donors (Lipinski definition) is 2. The molecular formula is C12H15FN2O.